The van der Waals surface area contributed by atoms with Crippen molar-refractivity contribution in [2.45, 2.75) is 113 Å². The smallest absolute Gasteiger partial charge is 0.302 e. The number of rotatable bonds is 3. The SMILES string of the molecule is CC(=O)OCC12CC[C@H]3O[C@]3(C)CCC3OC3(C)CC[C@H]([C@]3(C)CO3)[C@@H](O)C1O2. The van der Waals surface area contributed by atoms with Gasteiger partial charge in [-0.2, -0.15) is 0 Å². The third-order valence-corrected chi connectivity index (χ3v) is 8.20. The Bertz CT molecular complexity index is 693. The summed E-state index contributed by atoms with van der Waals surface area (Å²) in [5.41, 5.74) is -1.14. The van der Waals surface area contributed by atoms with Crippen molar-refractivity contribution in [3.05, 3.63) is 0 Å². The molecule has 0 aromatic carbocycles. The highest BCUT2D eigenvalue weighted by molar-refractivity contribution is 5.66. The molecule has 29 heavy (non-hydrogen) atoms. The molecule has 0 aromatic heterocycles. The Morgan fingerprint density at radius 3 is 2.14 bits per heavy atom. The van der Waals surface area contributed by atoms with E-state index in [0.29, 0.717) is 13.0 Å². The van der Waals surface area contributed by atoms with Crippen molar-refractivity contribution in [3.63, 3.8) is 0 Å². The summed E-state index contributed by atoms with van der Waals surface area (Å²) >= 11 is 0. The fourth-order valence-electron chi connectivity index (χ4n) is 5.57. The van der Waals surface area contributed by atoms with Crippen LogP contribution in [0.1, 0.15) is 66.2 Å². The lowest BCUT2D eigenvalue weighted by Gasteiger charge is -2.27. The molecule has 4 saturated heterocycles. The molecule has 1 saturated carbocycles. The van der Waals surface area contributed by atoms with Crippen molar-refractivity contribution >= 4 is 5.97 Å². The molecule has 5 aliphatic rings. The number of hydrogen-bond donors (Lipinski definition) is 1. The molecule has 9 atom stereocenters. The largest absolute Gasteiger partial charge is 0.463 e. The van der Waals surface area contributed by atoms with Gasteiger partial charge in [0, 0.05) is 12.8 Å². The van der Waals surface area contributed by atoms with Gasteiger partial charge in [-0.15, -0.1) is 0 Å². The van der Waals surface area contributed by atoms with Crippen LogP contribution >= 0.6 is 0 Å². The van der Waals surface area contributed by atoms with Gasteiger partial charge in [0.05, 0.1) is 41.7 Å². The Kier molecular flexibility index (Phi) is 4.45. The highest BCUT2D eigenvalue weighted by atomic mass is 16.7. The minimum absolute atomic E-state index is 0.0289. The zero-order chi connectivity index (χ0) is 20.7. The summed E-state index contributed by atoms with van der Waals surface area (Å²) in [6.07, 6.45) is 4.72. The van der Waals surface area contributed by atoms with E-state index >= 15 is 0 Å². The van der Waals surface area contributed by atoms with Gasteiger partial charge in [-0.1, -0.05) is 0 Å². The van der Waals surface area contributed by atoms with Crippen LogP contribution in [0.5, 0.6) is 0 Å². The number of fused-ring (bicyclic) bond motifs is 3. The van der Waals surface area contributed by atoms with E-state index in [0.717, 1.165) is 32.1 Å². The molecule has 0 aromatic rings. The molecule has 1 aliphatic carbocycles. The lowest BCUT2D eigenvalue weighted by molar-refractivity contribution is -0.142. The molecule has 0 amide bonds. The van der Waals surface area contributed by atoms with Crippen molar-refractivity contribution in [1.82, 2.24) is 0 Å². The van der Waals surface area contributed by atoms with Gasteiger partial charge in [0.15, 0.2) is 0 Å². The molecule has 4 heterocycles. The maximum absolute atomic E-state index is 11.4. The molecule has 0 radical (unpaired) electrons. The van der Waals surface area contributed by atoms with Crippen LogP contribution in [0, 0.1) is 5.92 Å². The van der Waals surface area contributed by atoms with Crippen LogP contribution in [0.3, 0.4) is 0 Å². The molecule has 4 unspecified atom stereocenters. The molecule has 5 fully saturated rings. The minimum atomic E-state index is -0.659. The minimum Gasteiger partial charge on any atom is -0.463 e. The van der Waals surface area contributed by atoms with E-state index in [9.17, 15) is 9.90 Å². The molecule has 0 spiro atoms. The van der Waals surface area contributed by atoms with E-state index in [4.69, 9.17) is 23.7 Å². The first-order chi connectivity index (χ1) is 13.6. The van der Waals surface area contributed by atoms with Gasteiger partial charge < -0.3 is 28.8 Å². The predicted molar refractivity (Wildman–Crippen MR) is 102 cm³/mol. The van der Waals surface area contributed by atoms with E-state index in [-0.39, 0.29) is 53.6 Å². The van der Waals surface area contributed by atoms with E-state index in [1.807, 2.05) is 0 Å². The molecule has 1 N–H and O–H groups in total. The maximum atomic E-state index is 11.4. The number of carbonyl (C=O) groups excluding carboxylic acids is 1. The highest BCUT2D eigenvalue weighted by Gasteiger charge is 2.66. The Hall–Kier alpha value is -0.730. The lowest BCUT2D eigenvalue weighted by atomic mass is 9.78. The third-order valence-electron chi connectivity index (χ3n) is 8.20. The van der Waals surface area contributed by atoms with Gasteiger partial charge in [-0.05, 0) is 59.3 Å². The van der Waals surface area contributed by atoms with Gasteiger partial charge in [0.25, 0.3) is 0 Å². The second kappa shape index (κ2) is 6.39. The van der Waals surface area contributed by atoms with Gasteiger partial charge in [-0.25, -0.2) is 0 Å². The van der Waals surface area contributed by atoms with Crippen molar-refractivity contribution in [2.75, 3.05) is 13.2 Å². The number of carbonyl (C=O) groups is 1. The van der Waals surface area contributed by atoms with Gasteiger partial charge in [0.1, 0.15) is 18.3 Å². The Morgan fingerprint density at radius 2 is 1.55 bits per heavy atom. The average molecular weight is 411 g/mol. The molecule has 5 rings (SSSR count). The molecule has 7 nitrogen and oxygen atoms in total. The molecule has 7 heteroatoms. The van der Waals surface area contributed by atoms with Crippen molar-refractivity contribution < 1.29 is 33.6 Å². The first kappa shape index (κ1) is 20.2. The van der Waals surface area contributed by atoms with Crippen LogP contribution in [-0.2, 0) is 28.5 Å². The van der Waals surface area contributed by atoms with Gasteiger partial charge in [-0.3, -0.25) is 4.79 Å². The van der Waals surface area contributed by atoms with Gasteiger partial charge in [0.2, 0.25) is 0 Å². The highest BCUT2D eigenvalue weighted by Crippen LogP contribution is 2.55. The van der Waals surface area contributed by atoms with Crippen LogP contribution in [0.15, 0.2) is 0 Å². The first-order valence-electron chi connectivity index (χ1n) is 11.1. The van der Waals surface area contributed by atoms with Crippen LogP contribution < -0.4 is 0 Å². The molecule has 4 aliphatic heterocycles. The number of aliphatic hydroxyl groups excluding tert-OH is 1. The normalized spacial score (nSPS) is 56.1. The van der Waals surface area contributed by atoms with Crippen LogP contribution in [0.25, 0.3) is 0 Å². The van der Waals surface area contributed by atoms with Crippen LogP contribution in [-0.4, -0.2) is 71.1 Å². The Balaban J connectivity index is 1.36. The van der Waals surface area contributed by atoms with E-state index in [2.05, 4.69) is 20.8 Å². The summed E-state index contributed by atoms with van der Waals surface area (Å²) in [6.45, 7) is 8.66. The van der Waals surface area contributed by atoms with Crippen molar-refractivity contribution in [3.8, 4) is 0 Å². The van der Waals surface area contributed by atoms with E-state index in [1.54, 1.807) is 0 Å². The summed E-state index contributed by atoms with van der Waals surface area (Å²) in [5, 5.41) is 11.3. The lowest BCUT2D eigenvalue weighted by Crippen LogP contribution is -2.41. The summed E-state index contributed by atoms with van der Waals surface area (Å²) in [5.74, 6) is -0.354. The number of esters is 1. The molecule has 0 bridgehead atoms. The second-order valence-corrected chi connectivity index (χ2v) is 10.5. The number of epoxide rings is 4. The number of hydrogen-bond acceptors (Lipinski definition) is 7. The topological polar surface area (TPSA) is 96.7 Å². The second-order valence-electron chi connectivity index (χ2n) is 10.5. The van der Waals surface area contributed by atoms with Crippen molar-refractivity contribution in [1.29, 1.82) is 0 Å². The standard InChI is InChI=1S/C22H34O7/c1-13(23)25-12-22-10-7-16-20(3,28-16)9-6-15-19(2,27-15)8-5-14(21(4)11-26-21)17(24)18(22)29-22/h14-18,24H,5-12H2,1-4H3/t14-,15?,16+,17+,18?,19?,20+,21-,22?/m0/s1. The molecular formula is C22H34O7. The Morgan fingerprint density at radius 1 is 0.966 bits per heavy atom. The molecule has 164 valence electrons. The van der Waals surface area contributed by atoms with Crippen molar-refractivity contribution in [2.24, 2.45) is 5.92 Å². The predicted octanol–water partition coefficient (Wildman–Crippen LogP) is 2.12. The summed E-state index contributed by atoms with van der Waals surface area (Å²) in [4.78, 5) is 11.4. The van der Waals surface area contributed by atoms with Gasteiger partial charge >= 0.3 is 5.97 Å². The maximum Gasteiger partial charge on any atom is 0.302 e. The average Bonchev–Trinajstić information content (AvgIpc) is 3.50. The van der Waals surface area contributed by atoms with Crippen LogP contribution in [0.2, 0.25) is 0 Å². The monoisotopic (exact) mass is 410 g/mol. The Labute approximate surface area is 172 Å². The fraction of sp³-hybridized carbons (Fsp3) is 0.955. The fourth-order valence-corrected chi connectivity index (χ4v) is 5.57. The quantitative estimate of drug-likeness (QED) is 0.562. The molecular weight excluding hydrogens is 376 g/mol. The van der Waals surface area contributed by atoms with E-state index in [1.165, 1.54) is 6.92 Å². The van der Waals surface area contributed by atoms with Crippen LogP contribution in [0.4, 0.5) is 0 Å². The zero-order valence-electron chi connectivity index (χ0n) is 17.9. The zero-order valence-corrected chi connectivity index (χ0v) is 17.9. The first-order valence-corrected chi connectivity index (χ1v) is 11.1. The summed E-state index contributed by atoms with van der Waals surface area (Å²) < 4.78 is 29.2. The summed E-state index contributed by atoms with van der Waals surface area (Å²) in [7, 11) is 0. The number of aliphatic hydroxyl groups is 1. The summed E-state index contributed by atoms with van der Waals surface area (Å²) in [6, 6.07) is 0. The number of ether oxygens (including phenoxy) is 5. The van der Waals surface area contributed by atoms with E-state index < -0.39 is 11.7 Å². The third kappa shape index (κ3) is 3.63.